The molecule has 0 spiro atoms. The molecule has 1 atom stereocenters. The summed E-state index contributed by atoms with van der Waals surface area (Å²) in [6.45, 7) is 5.80. The Morgan fingerprint density at radius 2 is 1.68 bits per heavy atom. The standard InChI is InChI=1S/C48H57ClN8O10S/c1-29(2)68(64,65)39-18-12-11-16-34(39)52-44-33(49)27-51-48(55-44)53-35-25-30(3)31(26-38(35)66-5)22-24-56(4)42(60)19-10-8-6-7-9-13-23-50-41(59)28-67-37-17-14-15-32-43(37)47(63)57(46(32)62)36-20-21-40(58)54-45(36)61/h11-12,14-18,25-27,29,36H,6-10,13,19-24,28H2,1-5H3,(H,50,59)(H,54,58,61)(H2,51,52,53,55). The third-order valence-electron chi connectivity index (χ3n) is 11.8. The van der Waals surface area contributed by atoms with Gasteiger partial charge in [0.1, 0.15) is 22.6 Å². The average Bonchev–Trinajstić information content (AvgIpc) is 3.56. The van der Waals surface area contributed by atoms with Crippen molar-refractivity contribution in [2.45, 2.75) is 101 Å². The fourth-order valence-corrected chi connectivity index (χ4v) is 9.18. The number of carbonyl (C=O) groups is 6. The molecular weight excluding hydrogens is 916 g/mol. The number of benzene rings is 3. The molecular formula is C48H57ClN8O10S. The molecule has 1 unspecified atom stereocenters. The number of ether oxygens (including phenoxy) is 2. The summed E-state index contributed by atoms with van der Waals surface area (Å²) in [5.74, 6) is -1.82. The molecule has 1 aromatic heterocycles. The van der Waals surface area contributed by atoms with Gasteiger partial charge in [-0.15, -0.1) is 0 Å². The highest BCUT2D eigenvalue weighted by Gasteiger charge is 2.46. The lowest BCUT2D eigenvalue weighted by atomic mass is 10.0. The molecule has 4 aromatic rings. The summed E-state index contributed by atoms with van der Waals surface area (Å²) in [6, 6.07) is 13.8. The Morgan fingerprint density at radius 3 is 2.41 bits per heavy atom. The minimum Gasteiger partial charge on any atom is -0.495 e. The number of aromatic nitrogens is 2. The Morgan fingerprint density at radius 1 is 0.941 bits per heavy atom. The quantitative estimate of drug-likeness (QED) is 0.0463. The van der Waals surface area contributed by atoms with Crippen LogP contribution in [0.25, 0.3) is 0 Å². The molecule has 2 aliphatic heterocycles. The maximum atomic E-state index is 13.2. The second-order valence-electron chi connectivity index (χ2n) is 16.9. The number of sulfone groups is 1. The van der Waals surface area contributed by atoms with E-state index in [0.29, 0.717) is 43.1 Å². The van der Waals surface area contributed by atoms with Gasteiger partial charge in [-0.25, -0.2) is 13.4 Å². The van der Waals surface area contributed by atoms with Crippen molar-refractivity contribution in [3.8, 4) is 11.5 Å². The highest BCUT2D eigenvalue weighted by atomic mass is 35.5. The van der Waals surface area contributed by atoms with Crippen molar-refractivity contribution < 1.29 is 46.7 Å². The van der Waals surface area contributed by atoms with E-state index < -0.39 is 44.8 Å². The zero-order valence-electron chi connectivity index (χ0n) is 38.8. The Kier molecular flexibility index (Phi) is 17.1. The molecule has 0 bridgehead atoms. The van der Waals surface area contributed by atoms with Crippen LogP contribution in [0, 0.1) is 6.92 Å². The van der Waals surface area contributed by atoms with Gasteiger partial charge in [0.05, 0.1) is 46.0 Å². The van der Waals surface area contributed by atoms with E-state index in [0.717, 1.165) is 54.6 Å². The van der Waals surface area contributed by atoms with Gasteiger partial charge in [0.2, 0.25) is 23.7 Å². The van der Waals surface area contributed by atoms with Crippen molar-refractivity contribution in [1.82, 2.24) is 30.4 Å². The molecule has 3 aromatic carbocycles. The molecule has 20 heteroatoms. The normalized spacial score (nSPS) is 14.7. The van der Waals surface area contributed by atoms with E-state index in [2.05, 4.69) is 31.2 Å². The predicted octanol–water partition coefficient (Wildman–Crippen LogP) is 6.44. The first-order valence-electron chi connectivity index (χ1n) is 22.5. The molecule has 18 nitrogen and oxygen atoms in total. The number of halogens is 1. The van der Waals surface area contributed by atoms with Crippen molar-refractivity contribution in [3.63, 3.8) is 0 Å². The first-order chi connectivity index (χ1) is 32.5. The van der Waals surface area contributed by atoms with Gasteiger partial charge in [-0.1, -0.05) is 55.5 Å². The lowest BCUT2D eigenvalue weighted by Gasteiger charge is -2.27. The smallest absolute Gasteiger partial charge is 0.266 e. The van der Waals surface area contributed by atoms with Gasteiger partial charge in [-0.2, -0.15) is 4.98 Å². The molecule has 68 heavy (non-hydrogen) atoms. The van der Waals surface area contributed by atoms with Crippen LogP contribution in [0.3, 0.4) is 0 Å². The summed E-state index contributed by atoms with van der Waals surface area (Å²) in [6.07, 6.45) is 7.70. The topological polar surface area (TPSA) is 235 Å². The van der Waals surface area contributed by atoms with Crippen molar-refractivity contribution in [2.75, 3.05) is 44.5 Å². The SMILES string of the molecule is COc1cc(CCN(C)C(=O)CCCCCCCCNC(=O)COc2cccc3c2C(=O)N(C2CCC(=O)NC2=O)C3=O)c(C)cc1Nc1ncc(Cl)c(Nc2ccccc2S(=O)(=O)C(C)C)n1. The number of carbonyl (C=O) groups excluding carboxylic acids is 6. The monoisotopic (exact) mass is 972 g/mol. The Balaban J connectivity index is 0.872. The van der Waals surface area contributed by atoms with Crippen molar-refractivity contribution in [3.05, 3.63) is 88.1 Å². The fourth-order valence-electron chi connectivity index (χ4n) is 7.84. The highest BCUT2D eigenvalue weighted by Crippen LogP contribution is 2.35. The molecule has 3 heterocycles. The number of nitrogens with zero attached hydrogens (tertiary/aromatic N) is 4. The number of piperidine rings is 1. The average molecular weight is 974 g/mol. The van der Waals surface area contributed by atoms with Gasteiger partial charge in [0.15, 0.2) is 22.3 Å². The van der Waals surface area contributed by atoms with Gasteiger partial charge in [-0.3, -0.25) is 39.0 Å². The Bertz CT molecular complexity index is 2680. The number of hydrogen-bond donors (Lipinski definition) is 4. The number of unbranched alkanes of at least 4 members (excludes halogenated alkanes) is 5. The van der Waals surface area contributed by atoms with Crippen LogP contribution in [-0.2, 0) is 35.4 Å². The zero-order chi connectivity index (χ0) is 49.1. The molecule has 1 fully saturated rings. The van der Waals surface area contributed by atoms with Crippen LogP contribution in [0.4, 0.5) is 23.1 Å². The first kappa shape index (κ1) is 50.8. The molecule has 4 N–H and O–H groups in total. The predicted molar refractivity (Wildman–Crippen MR) is 255 cm³/mol. The number of fused-ring (bicyclic) bond motifs is 1. The molecule has 6 amide bonds. The number of likely N-dealkylation sites (N-methyl/N-ethyl adjacent to an activating group) is 1. The largest absolute Gasteiger partial charge is 0.495 e. The second-order valence-corrected chi connectivity index (χ2v) is 19.8. The molecule has 0 aliphatic carbocycles. The lowest BCUT2D eigenvalue weighted by molar-refractivity contribution is -0.136. The van der Waals surface area contributed by atoms with E-state index in [-0.39, 0.29) is 69.8 Å². The van der Waals surface area contributed by atoms with E-state index in [4.69, 9.17) is 21.1 Å². The van der Waals surface area contributed by atoms with Crippen LogP contribution < -0.4 is 30.7 Å². The number of aryl methyl sites for hydroxylation is 1. The van der Waals surface area contributed by atoms with Crippen molar-refractivity contribution in [2.24, 2.45) is 0 Å². The molecule has 0 saturated carbocycles. The van der Waals surface area contributed by atoms with Gasteiger partial charge < -0.3 is 30.3 Å². The Labute approximate surface area is 400 Å². The van der Waals surface area contributed by atoms with Crippen LogP contribution in [0.15, 0.2) is 65.7 Å². The number of anilines is 4. The number of para-hydroxylation sites is 1. The van der Waals surface area contributed by atoms with Gasteiger partial charge >= 0.3 is 0 Å². The summed E-state index contributed by atoms with van der Waals surface area (Å²) in [5, 5.41) is 10.8. The van der Waals surface area contributed by atoms with E-state index in [1.807, 2.05) is 19.1 Å². The van der Waals surface area contributed by atoms with Crippen LogP contribution in [-0.4, -0.2) is 109 Å². The highest BCUT2D eigenvalue weighted by molar-refractivity contribution is 7.92. The first-order valence-corrected chi connectivity index (χ1v) is 24.5. The summed E-state index contributed by atoms with van der Waals surface area (Å²) in [5.41, 5.74) is 2.98. The minimum absolute atomic E-state index is 0.00762. The minimum atomic E-state index is -3.59. The third kappa shape index (κ3) is 12.3. The molecule has 2 aliphatic rings. The molecule has 1 saturated heterocycles. The Hall–Kier alpha value is -6.60. The summed E-state index contributed by atoms with van der Waals surface area (Å²) in [7, 11) is -0.232. The van der Waals surface area contributed by atoms with Gasteiger partial charge in [-0.05, 0) is 94.0 Å². The van der Waals surface area contributed by atoms with Crippen LogP contribution in [0.5, 0.6) is 11.5 Å². The number of methoxy groups -OCH3 is 1. The van der Waals surface area contributed by atoms with Gasteiger partial charge in [0, 0.05) is 33.0 Å². The lowest BCUT2D eigenvalue weighted by Crippen LogP contribution is -2.54. The maximum absolute atomic E-state index is 13.2. The number of imide groups is 2. The van der Waals surface area contributed by atoms with E-state index in [1.165, 1.54) is 30.5 Å². The number of rotatable bonds is 23. The van der Waals surface area contributed by atoms with Crippen molar-refractivity contribution in [1.29, 1.82) is 0 Å². The summed E-state index contributed by atoms with van der Waals surface area (Å²) < 4.78 is 37.4. The van der Waals surface area contributed by atoms with Crippen LogP contribution >= 0.6 is 11.6 Å². The van der Waals surface area contributed by atoms with E-state index in [1.54, 1.807) is 51.1 Å². The zero-order valence-corrected chi connectivity index (χ0v) is 40.4. The summed E-state index contributed by atoms with van der Waals surface area (Å²) >= 11 is 6.44. The maximum Gasteiger partial charge on any atom is 0.266 e. The van der Waals surface area contributed by atoms with E-state index >= 15 is 0 Å². The van der Waals surface area contributed by atoms with Crippen LogP contribution in [0.1, 0.15) is 103 Å². The molecule has 0 radical (unpaired) electrons. The fraction of sp³-hybridized carbons (Fsp3) is 0.417. The summed E-state index contributed by atoms with van der Waals surface area (Å²) in [4.78, 5) is 87.4. The molecule has 362 valence electrons. The van der Waals surface area contributed by atoms with Gasteiger partial charge in [0.25, 0.3) is 17.7 Å². The van der Waals surface area contributed by atoms with Crippen LogP contribution in [0.2, 0.25) is 5.02 Å². The van der Waals surface area contributed by atoms with E-state index in [9.17, 15) is 37.2 Å². The number of nitrogens with one attached hydrogen (secondary N) is 4. The number of hydrogen-bond acceptors (Lipinski definition) is 14. The number of amides is 6. The molecule has 6 rings (SSSR count). The second kappa shape index (κ2) is 22.9. The third-order valence-corrected chi connectivity index (χ3v) is 14.3. The van der Waals surface area contributed by atoms with Crippen molar-refractivity contribution >= 4 is 80.0 Å².